The molecular formula is C21H13N5O4S. The minimum Gasteiger partial charge on any atom is -0.278 e. The van der Waals surface area contributed by atoms with E-state index in [1.165, 1.54) is 23.0 Å². The summed E-state index contributed by atoms with van der Waals surface area (Å²) >= 11 is 1.02. The van der Waals surface area contributed by atoms with E-state index in [0.29, 0.717) is 10.6 Å². The second kappa shape index (κ2) is 7.03. The van der Waals surface area contributed by atoms with E-state index in [1.54, 1.807) is 36.4 Å². The van der Waals surface area contributed by atoms with Crippen LogP contribution >= 0.6 is 11.8 Å². The van der Waals surface area contributed by atoms with Crippen LogP contribution in [-0.2, 0) is 4.79 Å². The molecule has 1 aromatic heterocycles. The standard InChI is InChI=1S/C21H13N5O4S/c22-21-25(16(27)11-31-21)15-10-24(12-6-2-1-3-7-12)23-17(15)20(30)26-18(28)13-8-4-5-9-14(13)19(26)29/h1-10,22H,11H2. The number of fused-ring (bicyclic) bond motifs is 1. The molecule has 0 aliphatic carbocycles. The van der Waals surface area contributed by atoms with E-state index in [0.717, 1.165) is 16.7 Å². The lowest BCUT2D eigenvalue weighted by Gasteiger charge is -2.16. The Morgan fingerprint density at radius 1 is 0.935 bits per heavy atom. The number of carbonyl (C=O) groups excluding carboxylic acids is 4. The van der Waals surface area contributed by atoms with Crippen LogP contribution in [0.4, 0.5) is 5.69 Å². The summed E-state index contributed by atoms with van der Waals surface area (Å²) in [7, 11) is 0. The van der Waals surface area contributed by atoms with Crippen LogP contribution in [0.2, 0.25) is 0 Å². The molecular weight excluding hydrogens is 418 g/mol. The van der Waals surface area contributed by atoms with E-state index in [1.807, 2.05) is 6.07 Å². The highest BCUT2D eigenvalue weighted by atomic mass is 32.2. The lowest BCUT2D eigenvalue weighted by molar-refractivity contribution is -0.115. The van der Waals surface area contributed by atoms with Crippen LogP contribution in [0.3, 0.4) is 0 Å². The molecule has 0 saturated carbocycles. The van der Waals surface area contributed by atoms with Gasteiger partial charge in [0.15, 0.2) is 10.9 Å². The minimum absolute atomic E-state index is 0.0467. The van der Waals surface area contributed by atoms with Crippen LogP contribution in [0.1, 0.15) is 31.2 Å². The van der Waals surface area contributed by atoms with Crippen molar-refractivity contribution in [2.24, 2.45) is 0 Å². The molecule has 9 nitrogen and oxygen atoms in total. The van der Waals surface area contributed by atoms with Gasteiger partial charge < -0.3 is 0 Å². The fourth-order valence-corrected chi connectivity index (χ4v) is 4.21. The van der Waals surface area contributed by atoms with Gasteiger partial charge in [-0.3, -0.25) is 29.5 Å². The number of anilines is 1. The number of hydrogen-bond acceptors (Lipinski definition) is 7. The number of aromatic nitrogens is 2. The number of carbonyl (C=O) groups is 4. The van der Waals surface area contributed by atoms with Crippen molar-refractivity contribution >= 4 is 46.2 Å². The van der Waals surface area contributed by atoms with Crippen molar-refractivity contribution in [3.63, 3.8) is 0 Å². The maximum absolute atomic E-state index is 13.4. The highest BCUT2D eigenvalue weighted by Gasteiger charge is 2.43. The third kappa shape index (κ3) is 2.88. The Hall–Kier alpha value is -4.05. The average molecular weight is 431 g/mol. The summed E-state index contributed by atoms with van der Waals surface area (Å²) in [4.78, 5) is 52.9. The average Bonchev–Trinajstić information content (AvgIpc) is 3.43. The molecule has 4 amide bonds. The van der Waals surface area contributed by atoms with Crippen molar-refractivity contribution < 1.29 is 19.2 Å². The number of nitrogens with one attached hydrogen (secondary N) is 1. The molecule has 10 heteroatoms. The summed E-state index contributed by atoms with van der Waals surface area (Å²) in [5.74, 6) is -2.78. The Morgan fingerprint density at radius 2 is 1.55 bits per heavy atom. The van der Waals surface area contributed by atoms with Gasteiger partial charge >= 0.3 is 0 Å². The first-order valence-corrected chi connectivity index (χ1v) is 10.2. The first-order valence-electron chi connectivity index (χ1n) is 9.19. The van der Waals surface area contributed by atoms with Crippen LogP contribution < -0.4 is 4.90 Å². The summed E-state index contributed by atoms with van der Waals surface area (Å²) < 4.78 is 1.38. The van der Waals surface area contributed by atoms with E-state index in [-0.39, 0.29) is 39.3 Å². The van der Waals surface area contributed by atoms with Crippen molar-refractivity contribution in [1.82, 2.24) is 14.7 Å². The lowest BCUT2D eigenvalue weighted by atomic mass is 10.1. The number of nitrogens with zero attached hydrogens (tertiary/aromatic N) is 4. The molecule has 152 valence electrons. The van der Waals surface area contributed by atoms with Crippen LogP contribution in [0.25, 0.3) is 5.69 Å². The van der Waals surface area contributed by atoms with Gasteiger partial charge in [0, 0.05) is 0 Å². The monoisotopic (exact) mass is 431 g/mol. The maximum Gasteiger partial charge on any atom is 0.290 e. The van der Waals surface area contributed by atoms with Gasteiger partial charge in [0.05, 0.1) is 28.8 Å². The molecule has 31 heavy (non-hydrogen) atoms. The summed E-state index contributed by atoms with van der Waals surface area (Å²) in [5.41, 5.74) is 0.649. The van der Waals surface area contributed by atoms with E-state index in [4.69, 9.17) is 5.41 Å². The van der Waals surface area contributed by atoms with E-state index in [9.17, 15) is 19.2 Å². The van der Waals surface area contributed by atoms with Crippen molar-refractivity contribution in [3.05, 3.63) is 77.6 Å². The van der Waals surface area contributed by atoms with Gasteiger partial charge in [-0.1, -0.05) is 42.1 Å². The van der Waals surface area contributed by atoms with E-state index < -0.39 is 17.7 Å². The van der Waals surface area contributed by atoms with Gasteiger partial charge in [-0.2, -0.15) is 5.10 Å². The number of amides is 4. The third-order valence-corrected chi connectivity index (χ3v) is 5.79. The zero-order chi connectivity index (χ0) is 21.7. The number of hydrogen-bond donors (Lipinski definition) is 1. The van der Waals surface area contributed by atoms with Gasteiger partial charge in [-0.15, -0.1) is 0 Å². The zero-order valence-corrected chi connectivity index (χ0v) is 16.6. The quantitative estimate of drug-likeness (QED) is 0.636. The van der Waals surface area contributed by atoms with Crippen molar-refractivity contribution in [2.75, 3.05) is 10.7 Å². The largest absolute Gasteiger partial charge is 0.290 e. The van der Waals surface area contributed by atoms with Gasteiger partial charge in [0.25, 0.3) is 17.7 Å². The van der Waals surface area contributed by atoms with Crippen molar-refractivity contribution in [1.29, 1.82) is 5.41 Å². The van der Waals surface area contributed by atoms with Crippen LogP contribution in [0.15, 0.2) is 60.8 Å². The Labute approximate surface area is 179 Å². The summed E-state index contributed by atoms with van der Waals surface area (Å²) in [5, 5.41) is 12.3. The lowest BCUT2D eigenvalue weighted by Crippen LogP contribution is -2.38. The minimum atomic E-state index is -0.951. The number of rotatable bonds is 3. The number of amidine groups is 1. The fourth-order valence-electron chi connectivity index (χ4n) is 3.49. The van der Waals surface area contributed by atoms with Crippen molar-refractivity contribution in [3.8, 4) is 5.69 Å². The molecule has 0 spiro atoms. The predicted molar refractivity (Wildman–Crippen MR) is 113 cm³/mol. The molecule has 1 saturated heterocycles. The van der Waals surface area contributed by atoms with Gasteiger partial charge in [0.1, 0.15) is 5.69 Å². The van der Waals surface area contributed by atoms with Crippen LogP contribution in [0, 0.1) is 5.41 Å². The second-order valence-corrected chi connectivity index (χ2v) is 7.73. The highest BCUT2D eigenvalue weighted by molar-refractivity contribution is 8.15. The Bertz CT molecular complexity index is 1250. The summed E-state index contributed by atoms with van der Waals surface area (Å²) in [6, 6.07) is 15.0. The fraction of sp³-hybridized carbons (Fsp3) is 0.0476. The highest BCUT2D eigenvalue weighted by Crippen LogP contribution is 2.32. The first-order chi connectivity index (χ1) is 15.0. The predicted octanol–water partition coefficient (Wildman–Crippen LogP) is 2.32. The van der Waals surface area contributed by atoms with Crippen LogP contribution in [0.5, 0.6) is 0 Å². The Morgan fingerprint density at radius 3 is 2.13 bits per heavy atom. The molecule has 1 fully saturated rings. The first kappa shape index (κ1) is 18.9. The molecule has 3 aromatic rings. The number of imide groups is 3. The third-order valence-electron chi connectivity index (χ3n) is 4.94. The molecule has 3 heterocycles. The summed E-state index contributed by atoms with van der Waals surface area (Å²) in [6.45, 7) is 0. The van der Waals surface area contributed by atoms with Gasteiger partial charge in [-0.25, -0.2) is 9.58 Å². The van der Waals surface area contributed by atoms with Gasteiger partial charge in [0.2, 0.25) is 5.91 Å². The number of thioether (sulfide) groups is 1. The molecule has 2 aliphatic heterocycles. The molecule has 0 bridgehead atoms. The SMILES string of the molecule is N=C1SCC(=O)N1c1cn(-c2ccccc2)nc1C(=O)N1C(=O)c2ccccc2C1=O. The topological polar surface area (TPSA) is 116 Å². The number of benzene rings is 2. The molecule has 2 aromatic carbocycles. The second-order valence-electron chi connectivity index (χ2n) is 6.76. The maximum atomic E-state index is 13.4. The molecule has 0 unspecified atom stereocenters. The summed E-state index contributed by atoms with van der Waals surface area (Å²) in [6.07, 6.45) is 1.44. The molecule has 2 aliphatic rings. The van der Waals surface area contributed by atoms with Crippen molar-refractivity contribution in [2.45, 2.75) is 0 Å². The molecule has 0 atom stereocenters. The van der Waals surface area contributed by atoms with E-state index in [2.05, 4.69) is 5.10 Å². The van der Waals surface area contributed by atoms with Crippen LogP contribution in [-0.4, -0.2) is 49.2 Å². The molecule has 5 rings (SSSR count). The molecule has 1 N–H and O–H groups in total. The Kier molecular flexibility index (Phi) is 4.29. The van der Waals surface area contributed by atoms with Gasteiger partial charge in [-0.05, 0) is 24.3 Å². The normalized spacial score (nSPS) is 15.7. The van der Waals surface area contributed by atoms with E-state index >= 15 is 0 Å². The number of para-hydroxylation sites is 1. The Balaban J connectivity index is 1.63. The zero-order valence-electron chi connectivity index (χ0n) is 15.8. The molecule has 0 radical (unpaired) electrons. The smallest absolute Gasteiger partial charge is 0.278 e.